The van der Waals surface area contributed by atoms with Gasteiger partial charge in [-0.3, -0.25) is 4.90 Å². The van der Waals surface area contributed by atoms with E-state index in [1.54, 1.807) is 28.7 Å². The second kappa shape index (κ2) is 7.17. The van der Waals surface area contributed by atoms with Crippen LogP contribution in [0, 0.1) is 0 Å². The van der Waals surface area contributed by atoms with Crippen LogP contribution >= 0.6 is 11.8 Å². The van der Waals surface area contributed by atoms with Crippen molar-refractivity contribution in [3.63, 3.8) is 0 Å². The summed E-state index contributed by atoms with van der Waals surface area (Å²) in [6, 6.07) is -0.872. The number of hydrogen-bond acceptors (Lipinski definition) is 4. The Morgan fingerprint density at radius 1 is 1.52 bits per heavy atom. The van der Waals surface area contributed by atoms with Gasteiger partial charge < -0.3 is 14.7 Å². The van der Waals surface area contributed by atoms with E-state index in [0.717, 1.165) is 12.8 Å². The third-order valence-electron chi connectivity index (χ3n) is 3.85. The minimum Gasteiger partial charge on any atom is -0.480 e. The van der Waals surface area contributed by atoms with Crippen molar-refractivity contribution < 1.29 is 19.4 Å². The molecule has 2 aliphatic rings. The van der Waals surface area contributed by atoms with E-state index in [1.165, 1.54) is 5.57 Å². The molecule has 2 atom stereocenters. The second-order valence-corrected chi connectivity index (χ2v) is 6.44. The highest BCUT2D eigenvalue weighted by atomic mass is 32.2. The van der Waals surface area contributed by atoms with Crippen molar-refractivity contribution >= 4 is 23.8 Å². The predicted molar refractivity (Wildman–Crippen MR) is 81.3 cm³/mol. The summed E-state index contributed by atoms with van der Waals surface area (Å²) in [4.78, 5) is 27.3. The van der Waals surface area contributed by atoms with Gasteiger partial charge in [0.1, 0.15) is 6.04 Å². The molecule has 0 aromatic heterocycles. The Kier molecular flexibility index (Phi) is 5.52. The summed E-state index contributed by atoms with van der Waals surface area (Å²) in [6.45, 7) is 3.73. The quantitative estimate of drug-likeness (QED) is 0.799. The first-order valence-electron chi connectivity index (χ1n) is 7.17. The van der Waals surface area contributed by atoms with Gasteiger partial charge in [-0.05, 0) is 18.4 Å². The molecule has 0 saturated carbocycles. The molecule has 0 aromatic carbocycles. The van der Waals surface area contributed by atoms with Crippen LogP contribution < -0.4 is 0 Å². The van der Waals surface area contributed by atoms with E-state index in [1.807, 2.05) is 13.0 Å². The molecule has 0 aromatic rings. The SMILES string of the molecule is CCC1SCC(C(=O)O)N1C(=O)N1CC=C(COC)CC1. The Bertz CT molecular complexity index is 441. The lowest BCUT2D eigenvalue weighted by Gasteiger charge is -2.34. The standard InChI is InChI=1S/C14H22N2O4S/c1-3-12-16(11(9-21-12)13(17)18)14(19)15-6-4-10(5-7-15)8-20-2/h4,11-12H,3,5-9H2,1-2H3,(H,17,18). The van der Waals surface area contributed by atoms with Gasteiger partial charge in [-0.15, -0.1) is 11.8 Å². The topological polar surface area (TPSA) is 70.1 Å². The third kappa shape index (κ3) is 3.52. The first kappa shape index (κ1) is 16.2. The Balaban J connectivity index is 2.06. The van der Waals surface area contributed by atoms with Crippen molar-refractivity contribution in [2.45, 2.75) is 31.2 Å². The van der Waals surface area contributed by atoms with E-state index >= 15 is 0 Å². The molecule has 1 saturated heterocycles. The first-order chi connectivity index (χ1) is 10.1. The number of carbonyl (C=O) groups excluding carboxylic acids is 1. The zero-order valence-electron chi connectivity index (χ0n) is 12.4. The van der Waals surface area contributed by atoms with Gasteiger partial charge in [-0.25, -0.2) is 9.59 Å². The number of carboxylic acid groups (broad SMARTS) is 1. The molecular formula is C14H22N2O4S. The number of ether oxygens (including phenoxy) is 1. The van der Waals surface area contributed by atoms with E-state index in [9.17, 15) is 14.7 Å². The molecule has 0 bridgehead atoms. The van der Waals surface area contributed by atoms with Gasteiger partial charge in [0, 0.05) is 26.0 Å². The maximum atomic E-state index is 12.7. The largest absolute Gasteiger partial charge is 0.480 e. The van der Waals surface area contributed by atoms with Gasteiger partial charge in [0.2, 0.25) is 0 Å². The van der Waals surface area contributed by atoms with Gasteiger partial charge in [-0.1, -0.05) is 13.0 Å². The molecule has 2 rings (SSSR count). The molecular weight excluding hydrogens is 292 g/mol. The van der Waals surface area contributed by atoms with Gasteiger partial charge in [0.15, 0.2) is 0 Å². The molecule has 2 aliphatic heterocycles. The lowest BCUT2D eigenvalue weighted by molar-refractivity contribution is -0.141. The molecule has 2 unspecified atom stereocenters. The summed E-state index contributed by atoms with van der Waals surface area (Å²) in [7, 11) is 1.66. The number of thioether (sulfide) groups is 1. The number of aliphatic carboxylic acids is 1. The maximum Gasteiger partial charge on any atom is 0.327 e. The molecule has 7 heteroatoms. The lowest BCUT2D eigenvalue weighted by atomic mass is 10.1. The van der Waals surface area contributed by atoms with Crippen molar-refractivity contribution in [2.75, 3.05) is 32.6 Å². The Morgan fingerprint density at radius 2 is 2.29 bits per heavy atom. The molecule has 2 amide bonds. The van der Waals surface area contributed by atoms with E-state index in [2.05, 4.69) is 0 Å². The fraction of sp³-hybridized carbons (Fsp3) is 0.714. The Morgan fingerprint density at radius 3 is 2.81 bits per heavy atom. The van der Waals surface area contributed by atoms with Gasteiger partial charge >= 0.3 is 12.0 Å². The number of nitrogens with zero attached hydrogens (tertiary/aromatic N) is 2. The number of amides is 2. The molecule has 2 heterocycles. The fourth-order valence-corrected chi connectivity index (χ4v) is 4.03. The molecule has 118 valence electrons. The Hall–Kier alpha value is -1.21. The summed E-state index contributed by atoms with van der Waals surface area (Å²) >= 11 is 1.55. The van der Waals surface area contributed by atoms with Crippen LogP contribution in [0.25, 0.3) is 0 Å². The van der Waals surface area contributed by atoms with E-state index in [0.29, 0.717) is 25.4 Å². The van der Waals surface area contributed by atoms with E-state index in [-0.39, 0.29) is 11.4 Å². The molecule has 1 fully saturated rings. The summed E-state index contributed by atoms with van der Waals surface area (Å²) in [6.07, 6.45) is 3.55. The van der Waals surface area contributed by atoms with E-state index in [4.69, 9.17) is 4.74 Å². The van der Waals surface area contributed by atoms with Gasteiger partial charge in [-0.2, -0.15) is 0 Å². The van der Waals surface area contributed by atoms with Gasteiger partial charge in [0.25, 0.3) is 0 Å². The van der Waals surface area contributed by atoms with Crippen LogP contribution in [0.3, 0.4) is 0 Å². The summed E-state index contributed by atoms with van der Waals surface area (Å²) in [5, 5.41) is 9.26. The Labute approximate surface area is 129 Å². The number of rotatable bonds is 4. The average molecular weight is 314 g/mol. The zero-order chi connectivity index (χ0) is 15.4. The number of carbonyl (C=O) groups is 2. The maximum absolute atomic E-state index is 12.7. The highest BCUT2D eigenvalue weighted by molar-refractivity contribution is 8.00. The van der Waals surface area contributed by atoms with Crippen molar-refractivity contribution in [2.24, 2.45) is 0 Å². The van der Waals surface area contributed by atoms with Gasteiger partial charge in [0.05, 0.1) is 12.0 Å². The van der Waals surface area contributed by atoms with Crippen LogP contribution in [-0.4, -0.2) is 70.9 Å². The van der Waals surface area contributed by atoms with Crippen LogP contribution in [0.2, 0.25) is 0 Å². The highest BCUT2D eigenvalue weighted by Crippen LogP contribution is 2.32. The summed E-state index contributed by atoms with van der Waals surface area (Å²) in [5.41, 5.74) is 1.19. The minimum atomic E-state index is -0.917. The lowest BCUT2D eigenvalue weighted by Crippen LogP contribution is -2.52. The first-order valence-corrected chi connectivity index (χ1v) is 8.21. The summed E-state index contributed by atoms with van der Waals surface area (Å²) in [5.74, 6) is -0.447. The molecule has 1 N–H and O–H groups in total. The van der Waals surface area contributed by atoms with Crippen molar-refractivity contribution in [1.82, 2.24) is 9.80 Å². The molecule has 21 heavy (non-hydrogen) atoms. The number of hydrogen-bond donors (Lipinski definition) is 1. The fourth-order valence-electron chi connectivity index (χ4n) is 2.69. The summed E-state index contributed by atoms with van der Waals surface area (Å²) < 4.78 is 5.10. The zero-order valence-corrected chi connectivity index (χ0v) is 13.3. The highest BCUT2D eigenvalue weighted by Gasteiger charge is 2.42. The number of carboxylic acids is 1. The van der Waals surface area contributed by atoms with Crippen LogP contribution in [0.15, 0.2) is 11.6 Å². The molecule has 0 radical (unpaired) electrons. The minimum absolute atomic E-state index is 0.0389. The molecule has 0 aliphatic carbocycles. The predicted octanol–water partition coefficient (Wildman–Crippen LogP) is 1.62. The van der Waals surface area contributed by atoms with Crippen molar-refractivity contribution in [1.29, 1.82) is 0 Å². The smallest absolute Gasteiger partial charge is 0.327 e. The van der Waals surface area contributed by atoms with Crippen molar-refractivity contribution in [3.8, 4) is 0 Å². The van der Waals surface area contributed by atoms with Crippen LogP contribution in [-0.2, 0) is 9.53 Å². The monoisotopic (exact) mass is 314 g/mol. The molecule has 0 spiro atoms. The molecule has 6 nitrogen and oxygen atoms in total. The number of methoxy groups -OCH3 is 1. The normalized spacial score (nSPS) is 25.9. The third-order valence-corrected chi connectivity index (χ3v) is 5.30. The average Bonchev–Trinajstić information content (AvgIpc) is 2.91. The van der Waals surface area contributed by atoms with Crippen LogP contribution in [0.1, 0.15) is 19.8 Å². The van der Waals surface area contributed by atoms with E-state index < -0.39 is 12.0 Å². The second-order valence-electron chi connectivity index (χ2n) is 5.23. The van der Waals surface area contributed by atoms with Crippen LogP contribution in [0.5, 0.6) is 0 Å². The van der Waals surface area contributed by atoms with Crippen molar-refractivity contribution in [3.05, 3.63) is 11.6 Å². The van der Waals surface area contributed by atoms with Crippen LogP contribution in [0.4, 0.5) is 4.79 Å². The number of urea groups is 1.